The highest BCUT2D eigenvalue weighted by Crippen LogP contribution is 2.29. The van der Waals surface area contributed by atoms with E-state index in [4.69, 9.17) is 0 Å². The standard InChI is InChI=1S/C20H18N6/c1-3-4-5-6-14-8-18(24-13(14)2)19-17-7-15(11-23-20(17)26-25-19)16-9-21-12-22-10-16/h3-12,24H,1-2H3,(H,23,25,26)/b4-3-,6-5-. The van der Waals surface area contributed by atoms with Crippen LogP contribution in [0.2, 0.25) is 0 Å². The monoisotopic (exact) mass is 342 g/mol. The molecular formula is C20H18N6. The van der Waals surface area contributed by atoms with E-state index in [-0.39, 0.29) is 0 Å². The van der Waals surface area contributed by atoms with Crippen molar-refractivity contribution in [1.29, 1.82) is 0 Å². The Balaban J connectivity index is 1.79. The zero-order valence-corrected chi connectivity index (χ0v) is 14.6. The van der Waals surface area contributed by atoms with Crippen molar-refractivity contribution in [2.45, 2.75) is 13.8 Å². The van der Waals surface area contributed by atoms with Crippen LogP contribution in [0.5, 0.6) is 0 Å². The van der Waals surface area contributed by atoms with E-state index in [0.717, 1.165) is 39.2 Å². The second kappa shape index (κ2) is 6.76. The van der Waals surface area contributed by atoms with Crippen LogP contribution in [0.3, 0.4) is 0 Å². The number of aromatic nitrogens is 6. The zero-order valence-electron chi connectivity index (χ0n) is 14.6. The molecule has 2 N–H and O–H groups in total. The molecule has 0 aliphatic heterocycles. The third-order valence-electron chi connectivity index (χ3n) is 4.21. The zero-order chi connectivity index (χ0) is 17.9. The van der Waals surface area contributed by atoms with Gasteiger partial charge in [-0.2, -0.15) is 5.10 Å². The molecule has 6 heteroatoms. The van der Waals surface area contributed by atoms with E-state index in [1.807, 2.05) is 25.2 Å². The molecule has 6 nitrogen and oxygen atoms in total. The molecule has 4 heterocycles. The van der Waals surface area contributed by atoms with Crippen LogP contribution in [-0.2, 0) is 0 Å². The van der Waals surface area contributed by atoms with Crippen molar-refractivity contribution in [2.75, 3.05) is 0 Å². The largest absolute Gasteiger partial charge is 0.357 e. The molecule has 0 aliphatic carbocycles. The minimum absolute atomic E-state index is 0.680. The quantitative estimate of drug-likeness (QED) is 0.541. The van der Waals surface area contributed by atoms with Crippen molar-refractivity contribution in [2.24, 2.45) is 0 Å². The summed E-state index contributed by atoms with van der Waals surface area (Å²) in [7, 11) is 0. The fourth-order valence-electron chi connectivity index (χ4n) is 2.86. The van der Waals surface area contributed by atoms with Gasteiger partial charge in [0.05, 0.1) is 11.4 Å². The summed E-state index contributed by atoms with van der Waals surface area (Å²) in [5.41, 5.74) is 6.70. The maximum absolute atomic E-state index is 4.46. The van der Waals surface area contributed by atoms with Crippen molar-refractivity contribution in [1.82, 2.24) is 30.1 Å². The number of aromatic amines is 2. The number of hydrogen-bond acceptors (Lipinski definition) is 4. The lowest BCUT2D eigenvalue weighted by atomic mass is 10.1. The Kier molecular flexibility index (Phi) is 4.15. The van der Waals surface area contributed by atoms with E-state index in [9.17, 15) is 0 Å². The minimum Gasteiger partial charge on any atom is -0.357 e. The molecule has 0 spiro atoms. The third kappa shape index (κ3) is 2.93. The van der Waals surface area contributed by atoms with Gasteiger partial charge in [-0.1, -0.05) is 24.3 Å². The number of allylic oxidation sites excluding steroid dienone is 3. The predicted octanol–water partition coefficient (Wildman–Crippen LogP) is 4.31. The van der Waals surface area contributed by atoms with Crippen LogP contribution in [0.25, 0.3) is 39.6 Å². The van der Waals surface area contributed by atoms with E-state index in [1.165, 1.54) is 6.33 Å². The van der Waals surface area contributed by atoms with Gasteiger partial charge in [0.25, 0.3) is 0 Å². The SMILES string of the molecule is C/C=C\C=C/c1cc(-c2[nH]nc3ncc(-c4cncnc4)cc23)[nH]c1C. The summed E-state index contributed by atoms with van der Waals surface area (Å²) in [5, 5.41) is 8.39. The average molecular weight is 342 g/mol. The summed E-state index contributed by atoms with van der Waals surface area (Å²) >= 11 is 0. The van der Waals surface area contributed by atoms with Gasteiger partial charge in [-0.25, -0.2) is 15.0 Å². The average Bonchev–Trinajstić information content (AvgIpc) is 3.25. The Labute approximate surface area is 150 Å². The molecule has 0 aliphatic rings. The maximum atomic E-state index is 4.46. The summed E-state index contributed by atoms with van der Waals surface area (Å²) in [4.78, 5) is 16.0. The summed E-state index contributed by atoms with van der Waals surface area (Å²) in [6.45, 7) is 4.06. The Hall–Kier alpha value is -3.54. The lowest BCUT2D eigenvalue weighted by molar-refractivity contribution is 1.09. The van der Waals surface area contributed by atoms with E-state index in [1.54, 1.807) is 18.6 Å². The fourth-order valence-corrected chi connectivity index (χ4v) is 2.86. The molecule has 4 aromatic heterocycles. The summed E-state index contributed by atoms with van der Waals surface area (Å²) in [5.74, 6) is 0. The van der Waals surface area contributed by atoms with E-state index in [2.05, 4.69) is 55.3 Å². The van der Waals surface area contributed by atoms with Crippen LogP contribution in [0.4, 0.5) is 0 Å². The summed E-state index contributed by atoms with van der Waals surface area (Å²) in [6, 6.07) is 4.17. The normalized spacial score (nSPS) is 11.9. The van der Waals surface area contributed by atoms with Crippen LogP contribution in [0.1, 0.15) is 18.2 Å². The lowest BCUT2D eigenvalue weighted by Gasteiger charge is -2.00. The van der Waals surface area contributed by atoms with E-state index < -0.39 is 0 Å². The molecule has 4 aromatic rings. The van der Waals surface area contributed by atoms with Crippen molar-refractivity contribution >= 4 is 17.1 Å². The number of fused-ring (bicyclic) bond motifs is 1. The molecule has 0 aromatic carbocycles. The molecule has 0 bridgehead atoms. The number of aryl methyl sites for hydroxylation is 1. The Morgan fingerprint density at radius 3 is 2.65 bits per heavy atom. The van der Waals surface area contributed by atoms with Gasteiger partial charge in [0, 0.05) is 40.8 Å². The minimum atomic E-state index is 0.680. The highest BCUT2D eigenvalue weighted by Gasteiger charge is 2.13. The highest BCUT2D eigenvalue weighted by molar-refractivity contribution is 5.92. The Morgan fingerprint density at radius 1 is 1.00 bits per heavy atom. The highest BCUT2D eigenvalue weighted by atomic mass is 15.2. The summed E-state index contributed by atoms with van der Waals surface area (Å²) in [6.07, 6.45) is 15.0. The van der Waals surface area contributed by atoms with Crippen molar-refractivity contribution in [3.63, 3.8) is 0 Å². The second-order valence-corrected chi connectivity index (χ2v) is 5.97. The lowest BCUT2D eigenvalue weighted by Crippen LogP contribution is -1.85. The molecule has 0 fully saturated rings. The number of H-pyrrole nitrogens is 2. The van der Waals surface area contributed by atoms with Gasteiger partial charge in [-0.3, -0.25) is 5.10 Å². The molecule has 0 saturated heterocycles. The number of pyridine rings is 1. The van der Waals surface area contributed by atoms with Gasteiger partial charge < -0.3 is 4.98 Å². The van der Waals surface area contributed by atoms with Crippen LogP contribution in [0, 0.1) is 6.92 Å². The molecule has 0 radical (unpaired) electrons. The number of nitrogens with one attached hydrogen (secondary N) is 2. The predicted molar refractivity (Wildman–Crippen MR) is 103 cm³/mol. The van der Waals surface area contributed by atoms with Crippen LogP contribution >= 0.6 is 0 Å². The van der Waals surface area contributed by atoms with Crippen LogP contribution in [0.15, 0.2) is 55.3 Å². The first-order chi connectivity index (χ1) is 12.8. The van der Waals surface area contributed by atoms with Gasteiger partial charge in [0.15, 0.2) is 5.65 Å². The van der Waals surface area contributed by atoms with Gasteiger partial charge in [-0.05, 0) is 31.5 Å². The topological polar surface area (TPSA) is 83.1 Å². The van der Waals surface area contributed by atoms with Crippen molar-refractivity contribution in [3.8, 4) is 22.5 Å². The van der Waals surface area contributed by atoms with Crippen LogP contribution < -0.4 is 0 Å². The first-order valence-electron chi connectivity index (χ1n) is 8.35. The molecule has 0 unspecified atom stereocenters. The number of nitrogens with zero attached hydrogens (tertiary/aromatic N) is 4. The van der Waals surface area contributed by atoms with E-state index in [0.29, 0.717) is 5.65 Å². The molecular weight excluding hydrogens is 324 g/mol. The molecule has 0 saturated carbocycles. The van der Waals surface area contributed by atoms with E-state index >= 15 is 0 Å². The summed E-state index contributed by atoms with van der Waals surface area (Å²) < 4.78 is 0. The van der Waals surface area contributed by atoms with Gasteiger partial charge in [0.2, 0.25) is 0 Å². The maximum Gasteiger partial charge on any atom is 0.181 e. The smallest absolute Gasteiger partial charge is 0.181 e. The number of hydrogen-bond donors (Lipinski definition) is 2. The van der Waals surface area contributed by atoms with Gasteiger partial charge in [-0.15, -0.1) is 0 Å². The second-order valence-electron chi connectivity index (χ2n) is 5.97. The molecule has 26 heavy (non-hydrogen) atoms. The molecule has 0 atom stereocenters. The van der Waals surface area contributed by atoms with Crippen molar-refractivity contribution in [3.05, 3.63) is 66.5 Å². The first kappa shape index (κ1) is 16.0. The Morgan fingerprint density at radius 2 is 1.85 bits per heavy atom. The van der Waals surface area contributed by atoms with Gasteiger partial charge in [0.1, 0.15) is 6.33 Å². The third-order valence-corrected chi connectivity index (χ3v) is 4.21. The Bertz CT molecular complexity index is 1100. The van der Waals surface area contributed by atoms with Gasteiger partial charge >= 0.3 is 0 Å². The molecule has 4 rings (SSSR count). The van der Waals surface area contributed by atoms with Crippen LogP contribution in [-0.4, -0.2) is 30.1 Å². The molecule has 128 valence electrons. The number of rotatable bonds is 4. The van der Waals surface area contributed by atoms with Crippen molar-refractivity contribution < 1.29 is 0 Å². The first-order valence-corrected chi connectivity index (χ1v) is 8.35. The fraction of sp³-hybridized carbons (Fsp3) is 0.100. The molecule has 0 amide bonds.